The molecule has 2 rings (SSSR count). The third-order valence-corrected chi connectivity index (χ3v) is 16.5. The fourth-order valence-electron chi connectivity index (χ4n) is 11.1. The quantitative estimate of drug-likeness (QED) is 0.0393. The summed E-state index contributed by atoms with van der Waals surface area (Å²) in [4.78, 5) is 67.8. The van der Waals surface area contributed by atoms with Crippen LogP contribution in [0.15, 0.2) is 37.0 Å². The van der Waals surface area contributed by atoms with E-state index in [4.69, 9.17) is 137 Å². The van der Waals surface area contributed by atoms with E-state index in [-0.39, 0.29) is 65.8 Å². The molecule has 0 aromatic rings. The fraction of sp³-hybridized carbons (Fsp3) is 0.859. The molecule has 2 aliphatic carbocycles. The molecule has 2 aliphatic rings. The smallest absolute Gasteiger partial charge is 0.407 e. The van der Waals surface area contributed by atoms with Gasteiger partial charge in [-0.2, -0.15) is 0 Å². The molecule has 0 bridgehead atoms. The van der Waals surface area contributed by atoms with E-state index in [1.165, 1.54) is 14.2 Å². The van der Waals surface area contributed by atoms with Crippen LogP contribution in [0, 0.1) is 47.3 Å². The van der Waals surface area contributed by atoms with Crippen molar-refractivity contribution in [1.29, 1.82) is 0 Å². The Hall–Kier alpha value is -4.59. The zero-order valence-corrected chi connectivity index (χ0v) is 68.7. The van der Waals surface area contributed by atoms with E-state index in [0.717, 1.165) is 0 Å². The minimum atomic E-state index is -1.02. The summed E-state index contributed by atoms with van der Waals surface area (Å²) in [6, 6.07) is 0. The van der Waals surface area contributed by atoms with Crippen LogP contribution >= 0.6 is 0 Å². The van der Waals surface area contributed by atoms with Gasteiger partial charge in [0.2, 0.25) is 0 Å². The number of allylic oxidation sites excluding steroid dienone is 4. The van der Waals surface area contributed by atoms with Crippen molar-refractivity contribution in [1.82, 2.24) is 5.32 Å². The Bertz CT molecular complexity index is 2310. The topological polar surface area (TPSA) is 365 Å². The molecule has 35 nitrogen and oxygen atoms in total. The first-order valence-corrected chi connectivity index (χ1v) is 39.4. The number of alkyl carbamates (subject to hydrolysis) is 1. The molecular weight excluding hydrogens is 1490 g/mol. The molecule has 8 atom stereocenters. The highest BCUT2D eigenvalue weighted by atomic mass is 16.6. The van der Waals surface area contributed by atoms with Gasteiger partial charge in [-0.1, -0.05) is 30.4 Å². The molecule has 2 fully saturated rings. The molecule has 0 saturated heterocycles. The van der Waals surface area contributed by atoms with E-state index in [9.17, 15) is 24.0 Å². The maximum Gasteiger partial charge on any atom is 0.407 e. The average Bonchev–Trinajstić information content (AvgIpc) is 1.64. The molecule has 660 valence electrons. The van der Waals surface area contributed by atoms with Crippen LogP contribution in [0.5, 0.6) is 0 Å². The summed E-state index contributed by atoms with van der Waals surface area (Å²) in [7, 11) is 5.76. The summed E-state index contributed by atoms with van der Waals surface area (Å²) in [5, 5.41) is 2.68. The second-order valence-electron chi connectivity index (χ2n) is 26.0. The van der Waals surface area contributed by atoms with Gasteiger partial charge in [0.15, 0.2) is 0 Å². The lowest BCUT2D eigenvalue weighted by molar-refractivity contribution is -0.160. The molecule has 35 heteroatoms. The summed E-state index contributed by atoms with van der Waals surface area (Å²) in [6.45, 7) is 28.4. The summed E-state index contributed by atoms with van der Waals surface area (Å²) < 4.78 is 159. The third-order valence-electron chi connectivity index (χ3n) is 16.5. The lowest BCUT2D eigenvalue weighted by Gasteiger charge is -2.23. The number of amides is 1. The molecule has 113 heavy (non-hydrogen) atoms. The normalized spacial score (nSPS) is 18.4. The number of rotatable bonds is 82. The largest absolute Gasteiger partial charge is 0.469 e. The number of nitrogens with one attached hydrogen (secondary N) is 1. The highest BCUT2D eigenvalue weighted by molar-refractivity contribution is 5.85. The lowest BCUT2D eigenvalue weighted by atomic mass is 9.84. The number of ether oxygens (including phenoxy) is 29. The summed E-state index contributed by atoms with van der Waals surface area (Å²) in [5.74, 6) is -8.64. The molecule has 8 unspecified atom stereocenters. The van der Waals surface area contributed by atoms with Crippen LogP contribution in [0.1, 0.15) is 33.6 Å². The standard InChI is InChI=1S/C78H139NO34/c1-9-65-63-67(72(69(65)73(80)87-7)76(83)112-62-60-110-58-56-108-54-52-106-50-48-104-46-44-102-42-40-100-38-36-98-34-32-96-30-28-94-26-24-92-22-20-90-18-16-86-6)12-13-68-64-66(11-10-14-79-77(84)113-78(2,3)4)71(70(68)74(81)88-8)75(82)111-61-59-109-57-55-107-53-51-105-49-47-103-45-43-101-41-39-99-37-35-97-33-31-95-29-27-93-25-23-91-21-19-89-17-15-85-5/h9-13,65-72H,1,14-64H2,2-8H3,(H,79,84)/b11-10+,13-12+. The number of hydrogen-bond donors (Lipinski definition) is 1. The van der Waals surface area contributed by atoms with Crippen LogP contribution in [-0.4, -0.2) is 388 Å². The van der Waals surface area contributed by atoms with Gasteiger partial charge in [-0.15, -0.1) is 6.58 Å². The van der Waals surface area contributed by atoms with Crippen LogP contribution < -0.4 is 5.32 Å². The van der Waals surface area contributed by atoms with E-state index in [0.29, 0.717) is 271 Å². The highest BCUT2D eigenvalue weighted by Crippen LogP contribution is 2.48. The van der Waals surface area contributed by atoms with Gasteiger partial charge < -0.3 is 143 Å². The monoisotopic (exact) mass is 1630 g/mol. The predicted molar refractivity (Wildman–Crippen MR) is 408 cm³/mol. The van der Waals surface area contributed by atoms with Gasteiger partial charge in [0, 0.05) is 20.8 Å². The van der Waals surface area contributed by atoms with Crippen molar-refractivity contribution in [2.45, 2.75) is 39.2 Å². The Morgan fingerprint density at radius 1 is 0.283 bits per heavy atom. The van der Waals surface area contributed by atoms with Gasteiger partial charge in [0.1, 0.15) is 18.8 Å². The van der Waals surface area contributed by atoms with Crippen molar-refractivity contribution in [3.63, 3.8) is 0 Å². The van der Waals surface area contributed by atoms with Gasteiger partial charge >= 0.3 is 30.0 Å². The highest BCUT2D eigenvalue weighted by Gasteiger charge is 2.53. The zero-order valence-electron chi connectivity index (χ0n) is 68.7. The van der Waals surface area contributed by atoms with Gasteiger partial charge in [0.25, 0.3) is 0 Å². The first-order chi connectivity index (χ1) is 55.3. The lowest BCUT2D eigenvalue weighted by Crippen LogP contribution is -2.34. The van der Waals surface area contributed by atoms with E-state index in [2.05, 4.69) is 11.9 Å². The molecule has 0 heterocycles. The maximum absolute atomic E-state index is 14.1. The Kier molecular flexibility index (Phi) is 70.4. The first-order valence-electron chi connectivity index (χ1n) is 39.4. The van der Waals surface area contributed by atoms with Crippen molar-refractivity contribution in [3.05, 3.63) is 37.0 Å². The molecule has 1 N–H and O–H groups in total. The first kappa shape index (κ1) is 104. The SMILES string of the molecule is C=CC1CC(/C=C/C2CC(/C=C/CNC(=O)OC(C)(C)C)C(C(=O)OCCOCCOCCOCCOCCOCCOCCOCCOCCOCCOCCOCCOC)C2C(=O)OC)C(C(=O)OCCOCCOCCOCCOCCOCCOCCOCCOCCOCCOCCOCCOC)C1C(=O)OC. The molecular formula is C78H139NO34. The number of esters is 4. The second-order valence-corrected chi connectivity index (χ2v) is 26.0. The van der Waals surface area contributed by atoms with Crippen molar-refractivity contribution < 1.29 is 161 Å². The van der Waals surface area contributed by atoms with Crippen LogP contribution in [0.4, 0.5) is 4.79 Å². The predicted octanol–water partition coefficient (Wildman–Crippen LogP) is 3.64. The molecule has 0 aromatic heterocycles. The molecule has 0 aromatic carbocycles. The Morgan fingerprint density at radius 2 is 0.478 bits per heavy atom. The van der Waals surface area contributed by atoms with Gasteiger partial charge in [-0.05, 0) is 57.3 Å². The summed E-state index contributed by atoms with van der Waals surface area (Å²) in [6.07, 6.45) is 8.65. The van der Waals surface area contributed by atoms with E-state index in [1.807, 2.05) is 0 Å². The van der Waals surface area contributed by atoms with Crippen molar-refractivity contribution in [3.8, 4) is 0 Å². The summed E-state index contributed by atoms with van der Waals surface area (Å²) >= 11 is 0. The van der Waals surface area contributed by atoms with Crippen LogP contribution in [0.2, 0.25) is 0 Å². The number of hydrogen-bond acceptors (Lipinski definition) is 34. The Morgan fingerprint density at radius 3 is 0.690 bits per heavy atom. The minimum Gasteiger partial charge on any atom is -0.469 e. The van der Waals surface area contributed by atoms with Crippen molar-refractivity contribution in [2.24, 2.45) is 47.3 Å². The van der Waals surface area contributed by atoms with Crippen LogP contribution in [-0.2, 0) is 157 Å². The van der Waals surface area contributed by atoms with Gasteiger partial charge in [-0.3, -0.25) is 19.2 Å². The van der Waals surface area contributed by atoms with Gasteiger partial charge in [0.05, 0.1) is 342 Å². The molecule has 2 saturated carbocycles. The fourth-order valence-corrected chi connectivity index (χ4v) is 11.1. The molecule has 1 amide bonds. The number of carbonyl (C=O) groups excluding carboxylic acids is 5. The van der Waals surface area contributed by atoms with Crippen molar-refractivity contribution in [2.75, 3.05) is 352 Å². The molecule has 0 radical (unpaired) electrons. The summed E-state index contributed by atoms with van der Waals surface area (Å²) in [5.41, 5.74) is -0.726. The number of methoxy groups -OCH3 is 4. The van der Waals surface area contributed by atoms with E-state index >= 15 is 0 Å². The average molecular weight is 1630 g/mol. The second kappa shape index (κ2) is 76.1. The number of carbonyl (C=O) groups is 5. The van der Waals surface area contributed by atoms with Crippen LogP contribution in [0.25, 0.3) is 0 Å². The van der Waals surface area contributed by atoms with Gasteiger partial charge in [-0.25, -0.2) is 4.79 Å². The molecule has 0 spiro atoms. The Balaban J connectivity index is 1.65. The zero-order chi connectivity index (χ0) is 81.8. The maximum atomic E-state index is 14.1. The minimum absolute atomic E-state index is 0.0502. The van der Waals surface area contributed by atoms with Crippen molar-refractivity contribution >= 4 is 30.0 Å². The Labute approximate surface area is 669 Å². The third kappa shape index (κ3) is 58.8. The van der Waals surface area contributed by atoms with E-state index < -0.39 is 82.9 Å². The van der Waals surface area contributed by atoms with E-state index in [1.54, 1.807) is 65.4 Å². The van der Waals surface area contributed by atoms with Crippen LogP contribution in [0.3, 0.4) is 0 Å². The molecule has 0 aliphatic heterocycles.